The standard InChI is InChI=1S/C19H24N2O2/c1-4-23-18-7-5-6-17(19(18)22)13-20-12-15-8-10-16(11-9-15)14-21(2)3/h5-11,13,22H,4,12,14H2,1-3H3/p+1. The number of phenolic OH excluding ortho intramolecular Hbond substituents is 1. The van der Waals surface area contributed by atoms with E-state index in [2.05, 4.69) is 43.4 Å². The summed E-state index contributed by atoms with van der Waals surface area (Å²) in [4.78, 5) is 5.82. The average Bonchev–Trinajstić information content (AvgIpc) is 2.52. The van der Waals surface area contributed by atoms with Gasteiger partial charge < -0.3 is 14.7 Å². The van der Waals surface area contributed by atoms with Gasteiger partial charge in [-0.05, 0) is 24.6 Å². The number of aliphatic imine (C=N–C) groups is 1. The van der Waals surface area contributed by atoms with Gasteiger partial charge in [0.1, 0.15) is 6.54 Å². The minimum absolute atomic E-state index is 0.141. The van der Waals surface area contributed by atoms with Crippen LogP contribution in [0.2, 0.25) is 0 Å². The molecule has 0 amide bonds. The molecule has 0 saturated carbocycles. The van der Waals surface area contributed by atoms with Crippen molar-refractivity contribution in [2.75, 3.05) is 20.7 Å². The third-order valence-corrected chi connectivity index (χ3v) is 3.41. The number of nitrogens with one attached hydrogen (secondary N) is 1. The number of para-hydroxylation sites is 1. The van der Waals surface area contributed by atoms with Crippen molar-refractivity contribution in [1.82, 2.24) is 0 Å². The fourth-order valence-electron chi connectivity index (χ4n) is 2.34. The van der Waals surface area contributed by atoms with Gasteiger partial charge in [-0.15, -0.1) is 0 Å². The monoisotopic (exact) mass is 313 g/mol. The van der Waals surface area contributed by atoms with Crippen LogP contribution in [0.15, 0.2) is 47.5 Å². The smallest absolute Gasteiger partial charge is 0.166 e. The molecular formula is C19H25N2O2+. The van der Waals surface area contributed by atoms with Crippen LogP contribution in [0.3, 0.4) is 0 Å². The lowest BCUT2D eigenvalue weighted by Gasteiger charge is -2.08. The molecule has 0 spiro atoms. The van der Waals surface area contributed by atoms with E-state index in [9.17, 15) is 5.11 Å². The molecule has 0 heterocycles. The minimum Gasteiger partial charge on any atom is -0.504 e. The van der Waals surface area contributed by atoms with Crippen molar-refractivity contribution in [2.24, 2.45) is 4.99 Å². The maximum Gasteiger partial charge on any atom is 0.166 e. The normalized spacial score (nSPS) is 11.3. The van der Waals surface area contributed by atoms with E-state index in [0.717, 1.165) is 12.1 Å². The summed E-state index contributed by atoms with van der Waals surface area (Å²) in [6, 6.07) is 13.9. The summed E-state index contributed by atoms with van der Waals surface area (Å²) < 4.78 is 5.37. The number of benzene rings is 2. The molecule has 2 N–H and O–H groups in total. The van der Waals surface area contributed by atoms with E-state index in [1.54, 1.807) is 12.3 Å². The van der Waals surface area contributed by atoms with Gasteiger partial charge in [0.2, 0.25) is 0 Å². The highest BCUT2D eigenvalue weighted by atomic mass is 16.5. The molecule has 2 aromatic carbocycles. The molecule has 23 heavy (non-hydrogen) atoms. The minimum atomic E-state index is 0.141. The van der Waals surface area contributed by atoms with Gasteiger partial charge in [0, 0.05) is 17.3 Å². The van der Waals surface area contributed by atoms with Crippen molar-refractivity contribution in [3.63, 3.8) is 0 Å². The van der Waals surface area contributed by atoms with Crippen LogP contribution in [-0.2, 0) is 13.1 Å². The van der Waals surface area contributed by atoms with E-state index in [-0.39, 0.29) is 5.75 Å². The number of hydrogen-bond donors (Lipinski definition) is 2. The first-order valence-electron chi connectivity index (χ1n) is 7.91. The Hall–Kier alpha value is -2.33. The summed E-state index contributed by atoms with van der Waals surface area (Å²) in [5.74, 6) is 0.634. The van der Waals surface area contributed by atoms with Gasteiger partial charge >= 0.3 is 0 Å². The van der Waals surface area contributed by atoms with E-state index in [0.29, 0.717) is 24.5 Å². The fraction of sp³-hybridized carbons (Fsp3) is 0.316. The molecule has 2 aromatic rings. The van der Waals surface area contributed by atoms with Gasteiger partial charge in [-0.3, -0.25) is 4.99 Å². The van der Waals surface area contributed by atoms with E-state index in [1.165, 1.54) is 10.5 Å². The van der Waals surface area contributed by atoms with Crippen LogP contribution in [0.1, 0.15) is 23.6 Å². The molecule has 0 bridgehead atoms. The molecule has 122 valence electrons. The molecule has 0 aliphatic heterocycles. The molecule has 0 aromatic heterocycles. The lowest BCUT2D eigenvalue weighted by molar-refractivity contribution is -0.872. The van der Waals surface area contributed by atoms with Crippen molar-refractivity contribution in [1.29, 1.82) is 0 Å². The highest BCUT2D eigenvalue weighted by Crippen LogP contribution is 2.28. The van der Waals surface area contributed by atoms with Crippen molar-refractivity contribution >= 4 is 6.21 Å². The zero-order chi connectivity index (χ0) is 16.7. The van der Waals surface area contributed by atoms with Crippen molar-refractivity contribution in [3.8, 4) is 11.5 Å². The van der Waals surface area contributed by atoms with Crippen LogP contribution < -0.4 is 9.64 Å². The second-order valence-electron chi connectivity index (χ2n) is 5.80. The molecule has 2 rings (SSSR count). The van der Waals surface area contributed by atoms with Gasteiger partial charge in [0.25, 0.3) is 0 Å². The van der Waals surface area contributed by atoms with Gasteiger partial charge in [0.05, 0.1) is 27.2 Å². The maximum absolute atomic E-state index is 10.1. The number of hydrogen-bond acceptors (Lipinski definition) is 3. The first kappa shape index (κ1) is 17.0. The van der Waals surface area contributed by atoms with Gasteiger partial charge in [-0.25, -0.2) is 0 Å². The van der Waals surface area contributed by atoms with Gasteiger partial charge in [-0.1, -0.05) is 30.3 Å². The summed E-state index contributed by atoms with van der Waals surface area (Å²) in [7, 11) is 4.28. The largest absolute Gasteiger partial charge is 0.504 e. The Bertz CT molecular complexity index is 649. The first-order chi connectivity index (χ1) is 11.1. The average molecular weight is 313 g/mol. The number of ether oxygens (including phenoxy) is 1. The number of rotatable bonds is 7. The Kier molecular flexibility index (Phi) is 6.18. The quantitative estimate of drug-likeness (QED) is 0.769. The highest BCUT2D eigenvalue weighted by molar-refractivity contribution is 5.84. The molecule has 0 fully saturated rings. The Labute approximate surface area is 138 Å². The molecule has 0 radical (unpaired) electrons. The Morgan fingerprint density at radius 1 is 1.09 bits per heavy atom. The number of phenols is 1. The lowest BCUT2D eigenvalue weighted by Crippen LogP contribution is -3.04. The number of nitrogens with zero attached hydrogens (tertiary/aromatic N) is 1. The second-order valence-corrected chi connectivity index (χ2v) is 5.80. The zero-order valence-corrected chi connectivity index (χ0v) is 14.0. The van der Waals surface area contributed by atoms with E-state index >= 15 is 0 Å². The zero-order valence-electron chi connectivity index (χ0n) is 14.0. The predicted molar refractivity (Wildman–Crippen MR) is 93.5 cm³/mol. The van der Waals surface area contributed by atoms with E-state index in [1.807, 2.05) is 19.1 Å². The third-order valence-electron chi connectivity index (χ3n) is 3.41. The fourth-order valence-corrected chi connectivity index (χ4v) is 2.34. The van der Waals surface area contributed by atoms with Gasteiger partial charge in [0.15, 0.2) is 11.5 Å². The topological polar surface area (TPSA) is 46.3 Å². The number of quaternary nitrogens is 1. The molecule has 4 nitrogen and oxygen atoms in total. The summed E-state index contributed by atoms with van der Waals surface area (Å²) >= 11 is 0. The van der Waals surface area contributed by atoms with Crippen molar-refractivity contribution in [2.45, 2.75) is 20.0 Å². The van der Waals surface area contributed by atoms with Crippen LogP contribution in [0.5, 0.6) is 11.5 Å². The van der Waals surface area contributed by atoms with Crippen LogP contribution in [0.4, 0.5) is 0 Å². The van der Waals surface area contributed by atoms with Crippen LogP contribution in [-0.4, -0.2) is 32.0 Å². The van der Waals surface area contributed by atoms with Crippen LogP contribution >= 0.6 is 0 Å². The third kappa shape index (κ3) is 5.11. The van der Waals surface area contributed by atoms with Gasteiger partial charge in [-0.2, -0.15) is 0 Å². The summed E-state index contributed by atoms with van der Waals surface area (Å²) in [6.07, 6.45) is 1.69. The first-order valence-corrected chi connectivity index (χ1v) is 7.91. The molecule has 4 heteroatoms. The van der Waals surface area contributed by atoms with Crippen molar-refractivity contribution < 1.29 is 14.7 Å². The van der Waals surface area contributed by atoms with Crippen molar-refractivity contribution in [3.05, 3.63) is 59.2 Å². The highest BCUT2D eigenvalue weighted by Gasteiger charge is 2.05. The van der Waals surface area contributed by atoms with E-state index in [4.69, 9.17) is 4.74 Å². The predicted octanol–water partition coefficient (Wildman–Crippen LogP) is 2.05. The Morgan fingerprint density at radius 2 is 1.78 bits per heavy atom. The number of aromatic hydroxyl groups is 1. The Balaban J connectivity index is 2.00. The summed E-state index contributed by atoms with van der Waals surface area (Å²) in [5, 5.41) is 10.1. The lowest BCUT2D eigenvalue weighted by atomic mass is 10.1. The SMILES string of the molecule is CCOc1cccc(C=NCc2ccc(C[NH+](C)C)cc2)c1O. The molecule has 0 aliphatic carbocycles. The molecule has 0 saturated heterocycles. The molecule has 0 unspecified atom stereocenters. The summed E-state index contributed by atoms with van der Waals surface area (Å²) in [5.41, 5.74) is 3.14. The van der Waals surface area contributed by atoms with Crippen LogP contribution in [0.25, 0.3) is 0 Å². The molecule has 0 aliphatic rings. The van der Waals surface area contributed by atoms with Crippen LogP contribution in [0, 0.1) is 0 Å². The summed E-state index contributed by atoms with van der Waals surface area (Å²) in [6.45, 7) is 4.02. The van der Waals surface area contributed by atoms with E-state index < -0.39 is 0 Å². The molecule has 0 atom stereocenters. The maximum atomic E-state index is 10.1. The molecular weight excluding hydrogens is 288 g/mol. The Morgan fingerprint density at radius 3 is 2.43 bits per heavy atom. The second kappa shape index (κ2) is 8.34.